The normalized spacial score (nSPS) is 16.1. The number of rotatable bonds is 6. The molecule has 1 aromatic rings. The molecule has 1 aliphatic rings. The van der Waals surface area contributed by atoms with E-state index in [0.29, 0.717) is 25.9 Å². The van der Waals surface area contributed by atoms with Crippen LogP contribution in [-0.2, 0) is 25.5 Å². The molecule has 0 saturated carbocycles. The number of carbonyl (C=O) groups is 3. The third-order valence-electron chi connectivity index (χ3n) is 4.71. The van der Waals surface area contributed by atoms with Crippen molar-refractivity contribution in [3.05, 3.63) is 35.4 Å². The average Bonchev–Trinajstić information content (AvgIpc) is 2.61. The lowest BCUT2D eigenvalue weighted by atomic mass is 9.90. The summed E-state index contributed by atoms with van der Waals surface area (Å²) in [7, 11) is 3.08. The molecule has 25 heavy (non-hydrogen) atoms. The Hall–Kier alpha value is -2.37. The number of esters is 1. The Morgan fingerprint density at radius 2 is 2.00 bits per heavy atom. The largest absolute Gasteiger partial charge is 0.469 e. The van der Waals surface area contributed by atoms with Crippen LogP contribution >= 0.6 is 0 Å². The van der Waals surface area contributed by atoms with Crippen molar-refractivity contribution in [1.82, 2.24) is 9.80 Å². The Bertz CT molecular complexity index is 644. The van der Waals surface area contributed by atoms with E-state index >= 15 is 0 Å². The van der Waals surface area contributed by atoms with Crippen molar-refractivity contribution in [2.24, 2.45) is 0 Å². The second-order valence-corrected chi connectivity index (χ2v) is 6.38. The quantitative estimate of drug-likeness (QED) is 0.738. The predicted octanol–water partition coefficient (Wildman–Crippen LogP) is 1.93. The van der Waals surface area contributed by atoms with Crippen LogP contribution < -0.4 is 0 Å². The molecule has 1 aliphatic heterocycles. The number of amides is 2. The molecular formula is C19H26N2O4. The molecule has 0 fully saturated rings. The van der Waals surface area contributed by atoms with Crippen LogP contribution in [0.3, 0.4) is 0 Å². The summed E-state index contributed by atoms with van der Waals surface area (Å²) in [6.07, 6.45) is 1.92. The average molecular weight is 346 g/mol. The number of ether oxygens (including phenoxy) is 1. The van der Waals surface area contributed by atoms with E-state index in [0.717, 1.165) is 12.0 Å². The van der Waals surface area contributed by atoms with Gasteiger partial charge in [-0.25, -0.2) is 0 Å². The fraction of sp³-hybridized carbons (Fsp3) is 0.526. The van der Waals surface area contributed by atoms with E-state index < -0.39 is 0 Å². The maximum Gasteiger partial charge on any atom is 0.305 e. The number of hydrogen-bond donors (Lipinski definition) is 0. The summed E-state index contributed by atoms with van der Waals surface area (Å²) in [5.74, 6) is -0.316. The first kappa shape index (κ1) is 19.0. The third-order valence-corrected chi connectivity index (χ3v) is 4.71. The van der Waals surface area contributed by atoms with Crippen LogP contribution in [0.25, 0.3) is 0 Å². The van der Waals surface area contributed by atoms with Gasteiger partial charge in [-0.15, -0.1) is 0 Å². The van der Waals surface area contributed by atoms with Crippen LogP contribution in [0, 0.1) is 0 Å². The van der Waals surface area contributed by atoms with Crippen molar-refractivity contribution in [3.8, 4) is 0 Å². The zero-order valence-corrected chi connectivity index (χ0v) is 15.2. The minimum absolute atomic E-state index is 0.0133. The summed E-state index contributed by atoms with van der Waals surface area (Å²) >= 11 is 0. The van der Waals surface area contributed by atoms with Gasteiger partial charge in [0.1, 0.15) is 0 Å². The summed E-state index contributed by atoms with van der Waals surface area (Å²) in [5, 5.41) is 0. The molecule has 2 rings (SSSR count). The van der Waals surface area contributed by atoms with Gasteiger partial charge in [0.2, 0.25) is 11.8 Å². The SMILES string of the molecule is COC(=O)CCCN(C)C(=O)CC1c2ccccc2CCN1C(C)=O. The molecule has 0 saturated heterocycles. The van der Waals surface area contributed by atoms with Crippen molar-refractivity contribution in [1.29, 1.82) is 0 Å². The lowest BCUT2D eigenvalue weighted by molar-refractivity contribution is -0.141. The highest BCUT2D eigenvalue weighted by Gasteiger charge is 2.31. The molecule has 1 heterocycles. The van der Waals surface area contributed by atoms with Crippen molar-refractivity contribution in [3.63, 3.8) is 0 Å². The summed E-state index contributed by atoms with van der Waals surface area (Å²) in [4.78, 5) is 39.2. The molecule has 0 spiro atoms. The number of hydrogen-bond acceptors (Lipinski definition) is 4. The summed E-state index contributed by atoms with van der Waals surface area (Å²) in [5.41, 5.74) is 2.26. The maximum atomic E-state index is 12.6. The van der Waals surface area contributed by atoms with E-state index in [2.05, 4.69) is 10.8 Å². The fourth-order valence-electron chi connectivity index (χ4n) is 3.26. The van der Waals surface area contributed by atoms with Crippen LogP contribution in [0.4, 0.5) is 0 Å². The number of methoxy groups -OCH3 is 1. The second kappa shape index (κ2) is 8.65. The molecule has 0 aliphatic carbocycles. The standard InChI is InChI=1S/C19H26N2O4/c1-14(22)21-12-10-15-7-4-5-8-16(15)17(21)13-18(23)20(2)11-6-9-19(24)25-3/h4-5,7-8,17H,6,9-13H2,1-3H3. The Balaban J connectivity index is 2.03. The van der Waals surface area contributed by atoms with Crippen LogP contribution in [-0.4, -0.2) is 54.8 Å². The van der Waals surface area contributed by atoms with E-state index in [4.69, 9.17) is 0 Å². The van der Waals surface area contributed by atoms with Gasteiger partial charge in [-0.3, -0.25) is 14.4 Å². The summed E-state index contributed by atoms with van der Waals surface area (Å²) in [6.45, 7) is 2.67. The highest BCUT2D eigenvalue weighted by atomic mass is 16.5. The molecule has 6 nitrogen and oxygen atoms in total. The van der Waals surface area contributed by atoms with Gasteiger partial charge in [0.05, 0.1) is 19.6 Å². The van der Waals surface area contributed by atoms with Crippen molar-refractivity contribution < 1.29 is 19.1 Å². The lowest BCUT2D eigenvalue weighted by Crippen LogP contribution is -2.41. The van der Waals surface area contributed by atoms with Gasteiger partial charge in [0, 0.05) is 33.5 Å². The van der Waals surface area contributed by atoms with Gasteiger partial charge in [-0.05, 0) is 24.0 Å². The Kier molecular flexibility index (Phi) is 6.56. The first-order chi connectivity index (χ1) is 11.9. The molecule has 1 unspecified atom stereocenters. The molecule has 2 amide bonds. The van der Waals surface area contributed by atoms with Crippen LogP contribution in [0.2, 0.25) is 0 Å². The lowest BCUT2D eigenvalue weighted by Gasteiger charge is -2.37. The predicted molar refractivity (Wildman–Crippen MR) is 93.8 cm³/mol. The highest BCUT2D eigenvalue weighted by molar-refractivity contribution is 5.79. The minimum Gasteiger partial charge on any atom is -0.469 e. The second-order valence-electron chi connectivity index (χ2n) is 6.38. The van der Waals surface area contributed by atoms with E-state index in [1.54, 1.807) is 23.8 Å². The zero-order valence-electron chi connectivity index (χ0n) is 15.2. The van der Waals surface area contributed by atoms with Gasteiger partial charge in [-0.2, -0.15) is 0 Å². The Labute approximate surface area is 148 Å². The highest BCUT2D eigenvalue weighted by Crippen LogP contribution is 2.32. The first-order valence-corrected chi connectivity index (χ1v) is 8.59. The van der Waals surface area contributed by atoms with Crippen molar-refractivity contribution in [2.75, 3.05) is 27.2 Å². The third kappa shape index (κ3) is 4.81. The molecule has 6 heteroatoms. The molecule has 0 N–H and O–H groups in total. The summed E-state index contributed by atoms with van der Waals surface area (Å²) < 4.78 is 4.61. The van der Waals surface area contributed by atoms with E-state index in [1.165, 1.54) is 12.7 Å². The van der Waals surface area contributed by atoms with Gasteiger partial charge in [-0.1, -0.05) is 24.3 Å². The van der Waals surface area contributed by atoms with E-state index in [1.807, 2.05) is 18.2 Å². The molecule has 136 valence electrons. The summed E-state index contributed by atoms with van der Waals surface area (Å²) in [6, 6.07) is 7.77. The minimum atomic E-state index is -0.273. The molecule has 1 aromatic carbocycles. The molecule has 0 radical (unpaired) electrons. The van der Waals surface area contributed by atoms with Gasteiger partial charge in [0.15, 0.2) is 0 Å². The first-order valence-electron chi connectivity index (χ1n) is 8.59. The van der Waals surface area contributed by atoms with Crippen LogP contribution in [0.5, 0.6) is 0 Å². The molecule has 0 bridgehead atoms. The molecule has 0 aromatic heterocycles. The fourth-order valence-corrected chi connectivity index (χ4v) is 3.26. The van der Waals surface area contributed by atoms with Gasteiger partial charge >= 0.3 is 5.97 Å². The zero-order chi connectivity index (χ0) is 18.4. The molecular weight excluding hydrogens is 320 g/mol. The maximum absolute atomic E-state index is 12.6. The van der Waals surface area contributed by atoms with E-state index in [-0.39, 0.29) is 30.2 Å². The number of nitrogens with zero attached hydrogens (tertiary/aromatic N) is 2. The van der Waals surface area contributed by atoms with Crippen molar-refractivity contribution >= 4 is 17.8 Å². The Morgan fingerprint density at radius 3 is 2.68 bits per heavy atom. The van der Waals surface area contributed by atoms with Crippen molar-refractivity contribution in [2.45, 2.75) is 38.6 Å². The van der Waals surface area contributed by atoms with Crippen LogP contribution in [0.15, 0.2) is 24.3 Å². The Morgan fingerprint density at radius 1 is 1.28 bits per heavy atom. The smallest absolute Gasteiger partial charge is 0.305 e. The van der Waals surface area contributed by atoms with Crippen LogP contribution in [0.1, 0.15) is 43.4 Å². The monoisotopic (exact) mass is 346 g/mol. The molecule has 1 atom stereocenters. The number of benzene rings is 1. The van der Waals surface area contributed by atoms with Gasteiger partial charge < -0.3 is 14.5 Å². The van der Waals surface area contributed by atoms with E-state index in [9.17, 15) is 14.4 Å². The number of carbonyl (C=O) groups excluding carboxylic acids is 3. The van der Waals surface area contributed by atoms with Gasteiger partial charge in [0.25, 0.3) is 0 Å². The number of fused-ring (bicyclic) bond motifs is 1. The topological polar surface area (TPSA) is 66.9 Å².